The van der Waals surface area contributed by atoms with Crippen LogP contribution in [0.3, 0.4) is 0 Å². The lowest BCUT2D eigenvalue weighted by Gasteiger charge is -1.98. The second kappa shape index (κ2) is 5.63. The fourth-order valence-electron chi connectivity index (χ4n) is 1.55. The molecule has 0 aromatic heterocycles. The minimum absolute atomic E-state index is 0.863. The van der Waals surface area contributed by atoms with Crippen LogP contribution in [-0.4, -0.2) is 6.66 Å². The van der Waals surface area contributed by atoms with Crippen LogP contribution < -0.4 is 5.30 Å². The zero-order chi connectivity index (χ0) is 11.2. The molecule has 1 atom stereocenters. The van der Waals surface area contributed by atoms with E-state index in [-0.39, 0.29) is 0 Å². The molecule has 0 saturated heterocycles. The number of hydrogen-bond acceptors (Lipinski definition) is 0. The van der Waals surface area contributed by atoms with E-state index in [0.717, 1.165) is 8.58 Å². The monoisotopic (exact) mass is 226 g/mol. The van der Waals surface area contributed by atoms with E-state index in [1.165, 1.54) is 16.4 Å². The van der Waals surface area contributed by atoms with Gasteiger partial charge in [-0.15, -0.1) is 0 Å². The Morgan fingerprint density at radius 3 is 2.25 bits per heavy atom. The molecule has 0 N–H and O–H groups in total. The summed E-state index contributed by atoms with van der Waals surface area (Å²) in [6.07, 6.45) is 4.32. The SMILES string of the molecule is CPc1cccc(C=Cc2ccccc2)c1. The highest BCUT2D eigenvalue weighted by atomic mass is 31.1. The van der Waals surface area contributed by atoms with Gasteiger partial charge in [-0.3, -0.25) is 0 Å². The molecular formula is C15H15P. The van der Waals surface area contributed by atoms with Gasteiger partial charge in [-0.2, -0.15) is 0 Å². The Balaban J connectivity index is 2.17. The van der Waals surface area contributed by atoms with Crippen molar-refractivity contribution in [2.75, 3.05) is 6.66 Å². The number of benzene rings is 2. The van der Waals surface area contributed by atoms with E-state index in [4.69, 9.17) is 0 Å². The van der Waals surface area contributed by atoms with Gasteiger partial charge in [0.25, 0.3) is 0 Å². The first-order chi connectivity index (χ1) is 7.88. The van der Waals surface area contributed by atoms with Crippen molar-refractivity contribution >= 4 is 26.0 Å². The molecule has 0 spiro atoms. The van der Waals surface area contributed by atoms with Crippen molar-refractivity contribution in [1.82, 2.24) is 0 Å². The molecule has 2 aromatic carbocycles. The molecule has 1 unspecified atom stereocenters. The summed E-state index contributed by atoms with van der Waals surface area (Å²) < 4.78 is 0. The molecule has 2 rings (SSSR count). The van der Waals surface area contributed by atoms with Gasteiger partial charge in [-0.25, -0.2) is 0 Å². The van der Waals surface area contributed by atoms with Gasteiger partial charge < -0.3 is 0 Å². The van der Waals surface area contributed by atoms with Gasteiger partial charge >= 0.3 is 0 Å². The molecule has 0 nitrogen and oxygen atoms in total. The lowest BCUT2D eigenvalue weighted by atomic mass is 10.1. The second-order valence-electron chi connectivity index (χ2n) is 3.62. The molecule has 0 aliphatic heterocycles. The molecule has 0 fully saturated rings. The average Bonchev–Trinajstić information content (AvgIpc) is 2.38. The van der Waals surface area contributed by atoms with Crippen molar-refractivity contribution in [2.24, 2.45) is 0 Å². The molecule has 1 heteroatoms. The minimum atomic E-state index is 0.863. The summed E-state index contributed by atoms with van der Waals surface area (Å²) in [6, 6.07) is 19.1. The largest absolute Gasteiger partial charge is 0.0936 e. The van der Waals surface area contributed by atoms with Crippen LogP contribution in [0.4, 0.5) is 0 Å². The standard InChI is InChI=1S/C15H15P/c1-16-15-9-5-8-14(12-15)11-10-13-6-3-2-4-7-13/h2-12,16H,1H3. The molecule has 0 amide bonds. The predicted octanol–water partition coefficient (Wildman–Crippen LogP) is 3.79. The molecule has 0 aliphatic carbocycles. The van der Waals surface area contributed by atoms with Crippen molar-refractivity contribution in [2.45, 2.75) is 0 Å². The van der Waals surface area contributed by atoms with Crippen molar-refractivity contribution in [3.8, 4) is 0 Å². The molecule has 0 saturated carbocycles. The molecule has 80 valence electrons. The summed E-state index contributed by atoms with van der Waals surface area (Å²) in [6.45, 7) is 2.21. The van der Waals surface area contributed by atoms with Gasteiger partial charge in [0, 0.05) is 0 Å². The molecule has 0 aliphatic rings. The third-order valence-electron chi connectivity index (χ3n) is 2.44. The lowest BCUT2D eigenvalue weighted by molar-refractivity contribution is 1.66. The smallest absolute Gasteiger partial charge is 0.0250 e. The Bertz CT molecular complexity index is 472. The Labute approximate surface area is 98.8 Å². The maximum atomic E-state index is 2.25. The molecule has 16 heavy (non-hydrogen) atoms. The predicted molar refractivity (Wildman–Crippen MR) is 75.7 cm³/mol. The Morgan fingerprint density at radius 2 is 1.50 bits per heavy atom. The van der Waals surface area contributed by atoms with E-state index in [2.05, 4.69) is 67.3 Å². The average molecular weight is 226 g/mol. The van der Waals surface area contributed by atoms with Crippen LogP contribution in [0.2, 0.25) is 0 Å². The van der Waals surface area contributed by atoms with Gasteiger partial charge in [0.1, 0.15) is 0 Å². The van der Waals surface area contributed by atoms with Crippen LogP contribution in [0.1, 0.15) is 11.1 Å². The highest BCUT2D eigenvalue weighted by molar-refractivity contribution is 7.46. The number of hydrogen-bond donors (Lipinski definition) is 0. The third-order valence-corrected chi connectivity index (χ3v) is 3.33. The summed E-state index contributed by atoms with van der Waals surface area (Å²) in [5.74, 6) is 0. The van der Waals surface area contributed by atoms with Crippen LogP contribution in [0.15, 0.2) is 54.6 Å². The normalized spacial score (nSPS) is 11.6. The fraction of sp³-hybridized carbons (Fsp3) is 0.0667. The van der Waals surface area contributed by atoms with Crippen LogP contribution >= 0.6 is 8.58 Å². The topological polar surface area (TPSA) is 0 Å². The van der Waals surface area contributed by atoms with E-state index >= 15 is 0 Å². The Kier molecular flexibility index (Phi) is 3.91. The maximum Gasteiger partial charge on any atom is -0.0250 e. The second-order valence-corrected chi connectivity index (χ2v) is 4.70. The summed E-state index contributed by atoms with van der Waals surface area (Å²) >= 11 is 0. The van der Waals surface area contributed by atoms with Crippen LogP contribution in [0, 0.1) is 0 Å². The maximum absolute atomic E-state index is 2.25. The highest BCUT2D eigenvalue weighted by Gasteiger charge is 1.90. The molecular weight excluding hydrogens is 211 g/mol. The zero-order valence-electron chi connectivity index (χ0n) is 9.35. The van der Waals surface area contributed by atoms with E-state index in [1.54, 1.807) is 0 Å². The minimum Gasteiger partial charge on any atom is -0.0936 e. The van der Waals surface area contributed by atoms with Crippen LogP contribution in [0.5, 0.6) is 0 Å². The van der Waals surface area contributed by atoms with Gasteiger partial charge in [0.2, 0.25) is 0 Å². The Hall–Kier alpha value is -1.39. The summed E-state index contributed by atoms with van der Waals surface area (Å²) in [5, 5.41) is 1.41. The third kappa shape index (κ3) is 3.05. The van der Waals surface area contributed by atoms with E-state index in [1.807, 2.05) is 6.07 Å². The first kappa shape index (κ1) is 11.1. The van der Waals surface area contributed by atoms with E-state index < -0.39 is 0 Å². The van der Waals surface area contributed by atoms with Crippen LogP contribution in [-0.2, 0) is 0 Å². The fourth-order valence-corrected chi connectivity index (χ4v) is 2.13. The molecule has 0 bridgehead atoms. The Morgan fingerprint density at radius 1 is 0.812 bits per heavy atom. The van der Waals surface area contributed by atoms with Crippen molar-refractivity contribution < 1.29 is 0 Å². The highest BCUT2D eigenvalue weighted by Crippen LogP contribution is 2.10. The first-order valence-electron chi connectivity index (χ1n) is 5.39. The molecule has 2 aromatic rings. The number of rotatable bonds is 3. The first-order valence-corrected chi connectivity index (χ1v) is 6.89. The molecule has 0 radical (unpaired) electrons. The van der Waals surface area contributed by atoms with Gasteiger partial charge in [-0.1, -0.05) is 69.3 Å². The van der Waals surface area contributed by atoms with Crippen molar-refractivity contribution in [3.05, 3.63) is 65.7 Å². The molecule has 0 heterocycles. The van der Waals surface area contributed by atoms with Gasteiger partial charge in [0.15, 0.2) is 0 Å². The van der Waals surface area contributed by atoms with Crippen molar-refractivity contribution in [3.63, 3.8) is 0 Å². The quantitative estimate of drug-likeness (QED) is 0.551. The zero-order valence-corrected chi connectivity index (χ0v) is 10.4. The van der Waals surface area contributed by atoms with Crippen molar-refractivity contribution in [1.29, 1.82) is 0 Å². The van der Waals surface area contributed by atoms with Gasteiger partial charge in [0.05, 0.1) is 0 Å². The van der Waals surface area contributed by atoms with Crippen LogP contribution in [0.25, 0.3) is 12.2 Å². The lowest BCUT2D eigenvalue weighted by Crippen LogP contribution is -1.91. The van der Waals surface area contributed by atoms with E-state index in [9.17, 15) is 0 Å². The van der Waals surface area contributed by atoms with E-state index in [0.29, 0.717) is 0 Å². The summed E-state index contributed by atoms with van der Waals surface area (Å²) in [7, 11) is 0.863. The summed E-state index contributed by atoms with van der Waals surface area (Å²) in [5.41, 5.74) is 2.52. The van der Waals surface area contributed by atoms with Gasteiger partial charge in [-0.05, 0) is 29.2 Å². The summed E-state index contributed by atoms with van der Waals surface area (Å²) in [4.78, 5) is 0.